The number of piperidine rings is 1. The average molecular weight is 832 g/mol. The number of halogens is 1. The molecule has 3 unspecified atom stereocenters. The van der Waals surface area contributed by atoms with Gasteiger partial charge in [-0.25, -0.2) is 19.6 Å². The van der Waals surface area contributed by atoms with Gasteiger partial charge >= 0.3 is 0 Å². The topological polar surface area (TPSA) is 203 Å². The van der Waals surface area contributed by atoms with Crippen LogP contribution in [-0.2, 0) is 14.4 Å². The molecule has 9 rings (SSSR count). The number of likely N-dealkylation sites (tertiary alicyclic amines) is 1. The Labute approximate surface area is 350 Å². The minimum absolute atomic E-state index is 0.0174. The molecule has 3 aromatic heterocycles. The number of ether oxygens (including phenoxy) is 2. The Morgan fingerprint density at radius 1 is 0.951 bits per heavy atom. The summed E-state index contributed by atoms with van der Waals surface area (Å²) in [7, 11) is 1.41. The van der Waals surface area contributed by atoms with Crippen LogP contribution in [0.25, 0.3) is 22.3 Å². The maximum atomic E-state index is 14.7. The van der Waals surface area contributed by atoms with Crippen LogP contribution in [0.1, 0.15) is 48.6 Å². The van der Waals surface area contributed by atoms with Gasteiger partial charge in [-0.05, 0) is 80.1 Å². The van der Waals surface area contributed by atoms with E-state index in [1.54, 1.807) is 36.5 Å². The first-order chi connectivity index (χ1) is 29.6. The van der Waals surface area contributed by atoms with Crippen LogP contribution >= 0.6 is 0 Å². The molecule has 61 heavy (non-hydrogen) atoms. The van der Waals surface area contributed by atoms with Crippen molar-refractivity contribution in [2.45, 2.75) is 44.2 Å². The van der Waals surface area contributed by atoms with Crippen LogP contribution < -0.4 is 30.7 Å². The number of amides is 4. The second kappa shape index (κ2) is 16.8. The minimum Gasteiger partial charge on any atom is -0.494 e. The highest BCUT2D eigenvalue weighted by Gasteiger charge is 2.39. The molecular weight excluding hydrogens is 786 g/mol. The number of piperazine rings is 1. The summed E-state index contributed by atoms with van der Waals surface area (Å²) in [5.74, 6) is -0.316. The summed E-state index contributed by atoms with van der Waals surface area (Å²) in [6, 6.07) is 14.8. The first-order valence-electron chi connectivity index (χ1n) is 20.6. The first-order valence-corrected chi connectivity index (χ1v) is 20.6. The second-order valence-corrected chi connectivity index (χ2v) is 16.1. The number of pyridine rings is 1. The fourth-order valence-corrected chi connectivity index (χ4v) is 8.88. The van der Waals surface area contributed by atoms with Gasteiger partial charge in [0.2, 0.25) is 23.5 Å². The van der Waals surface area contributed by atoms with E-state index in [2.05, 4.69) is 35.4 Å². The standard InChI is InChI=1S/C43H46FN11O6/c1-60-33-3-2-4-34(37(33)44)61-30-10-6-26(7-11-30)38-36-39(45)47-24-48-40(36)55(51-38)28-8-5-25(19-28)21-52-22-27(23-52)43(59)54-17-15-53(16-18-54)29-9-12-31(46-20-29)41(57)49-32-13-14-35(56)50-42(32)58/h2-4,6-7,9-12,20,24-25,27-28,32H,5,8,13-19,21-23H2,1H3,(H,49,57)(H2,45,47,48)(H,50,56,58). The van der Waals surface area contributed by atoms with Crippen molar-refractivity contribution in [2.24, 2.45) is 11.8 Å². The zero-order chi connectivity index (χ0) is 42.2. The summed E-state index contributed by atoms with van der Waals surface area (Å²) in [4.78, 5) is 69.3. The quantitative estimate of drug-likeness (QED) is 0.163. The van der Waals surface area contributed by atoms with Crippen LogP contribution in [0.3, 0.4) is 0 Å². The zero-order valence-electron chi connectivity index (χ0n) is 33.6. The monoisotopic (exact) mass is 831 g/mol. The average Bonchev–Trinajstić information content (AvgIpc) is 3.89. The van der Waals surface area contributed by atoms with Crippen LogP contribution in [0.15, 0.2) is 67.1 Å². The third-order valence-electron chi connectivity index (χ3n) is 12.2. The van der Waals surface area contributed by atoms with Gasteiger partial charge in [-0.3, -0.25) is 24.5 Å². The molecule has 18 heteroatoms. The SMILES string of the molecule is COc1cccc(Oc2ccc(-c3nn(C4CCC(CN5CC(C(=O)N6CCN(c7ccc(C(=O)NC8CCC(=O)NC8=O)nc7)CC6)C5)C4)c4ncnc(N)c34)cc2)c1F. The number of fused-ring (bicyclic) bond motifs is 1. The smallest absolute Gasteiger partial charge is 0.270 e. The van der Waals surface area contributed by atoms with E-state index in [1.807, 2.05) is 27.8 Å². The molecule has 316 valence electrons. The molecule has 4 fully saturated rings. The maximum Gasteiger partial charge on any atom is 0.270 e. The lowest BCUT2D eigenvalue weighted by Gasteiger charge is -2.44. The molecule has 3 aliphatic heterocycles. The van der Waals surface area contributed by atoms with Crippen molar-refractivity contribution in [1.29, 1.82) is 0 Å². The lowest BCUT2D eigenvalue weighted by Crippen LogP contribution is -2.58. The van der Waals surface area contributed by atoms with Crippen molar-refractivity contribution in [3.8, 4) is 28.5 Å². The van der Waals surface area contributed by atoms with Crippen molar-refractivity contribution < 1.29 is 33.0 Å². The van der Waals surface area contributed by atoms with E-state index in [0.717, 1.165) is 50.1 Å². The second-order valence-electron chi connectivity index (χ2n) is 16.1. The fourth-order valence-electron chi connectivity index (χ4n) is 8.88. The number of nitrogens with one attached hydrogen (secondary N) is 2. The molecule has 3 atom stereocenters. The van der Waals surface area contributed by atoms with Crippen LogP contribution in [0.5, 0.6) is 17.2 Å². The molecule has 4 amide bonds. The summed E-state index contributed by atoms with van der Waals surface area (Å²) in [5, 5.41) is 10.6. The highest BCUT2D eigenvalue weighted by molar-refractivity contribution is 6.03. The van der Waals surface area contributed by atoms with Crippen molar-refractivity contribution >= 4 is 46.2 Å². The van der Waals surface area contributed by atoms with Crippen LogP contribution in [0, 0.1) is 17.7 Å². The Bertz CT molecular complexity index is 2470. The minimum atomic E-state index is -0.767. The number of nitrogens with two attached hydrogens (primary N) is 1. The fraction of sp³-hybridized carbons (Fsp3) is 0.395. The van der Waals surface area contributed by atoms with Gasteiger partial charge in [0.15, 0.2) is 17.1 Å². The van der Waals surface area contributed by atoms with Crippen molar-refractivity contribution in [3.63, 3.8) is 0 Å². The molecule has 6 heterocycles. The summed E-state index contributed by atoms with van der Waals surface area (Å²) >= 11 is 0. The largest absolute Gasteiger partial charge is 0.494 e. The molecule has 4 N–H and O–H groups in total. The number of aromatic nitrogens is 5. The lowest BCUT2D eigenvalue weighted by atomic mass is 9.95. The number of nitrogens with zero attached hydrogens (tertiary/aromatic N) is 8. The van der Waals surface area contributed by atoms with Gasteiger partial charge in [-0.15, -0.1) is 0 Å². The molecule has 4 aliphatic rings. The number of methoxy groups -OCH3 is 1. The Morgan fingerprint density at radius 3 is 2.48 bits per heavy atom. The van der Waals surface area contributed by atoms with E-state index < -0.39 is 23.7 Å². The molecule has 17 nitrogen and oxygen atoms in total. The van der Waals surface area contributed by atoms with Crippen molar-refractivity contribution in [2.75, 3.05) is 63.6 Å². The Kier molecular flexibility index (Phi) is 10.9. The van der Waals surface area contributed by atoms with Gasteiger partial charge in [-0.1, -0.05) is 6.07 Å². The molecule has 2 aromatic carbocycles. The normalized spacial score (nSPS) is 21.0. The zero-order valence-corrected chi connectivity index (χ0v) is 33.6. The van der Waals surface area contributed by atoms with Gasteiger partial charge in [0.25, 0.3) is 5.91 Å². The number of anilines is 2. The van der Waals surface area contributed by atoms with Crippen molar-refractivity contribution in [1.82, 2.24) is 45.2 Å². The summed E-state index contributed by atoms with van der Waals surface area (Å²) in [6.07, 6.45) is 6.44. The van der Waals surface area contributed by atoms with Gasteiger partial charge in [0.1, 0.15) is 35.3 Å². The number of hydrogen-bond acceptors (Lipinski definition) is 13. The molecule has 1 saturated carbocycles. The molecule has 1 aliphatic carbocycles. The van der Waals surface area contributed by atoms with E-state index in [0.29, 0.717) is 60.4 Å². The number of carbonyl (C=O) groups is 4. The predicted octanol–water partition coefficient (Wildman–Crippen LogP) is 3.57. The predicted molar refractivity (Wildman–Crippen MR) is 221 cm³/mol. The third-order valence-corrected chi connectivity index (χ3v) is 12.2. The maximum absolute atomic E-state index is 14.7. The highest BCUT2D eigenvalue weighted by atomic mass is 19.1. The molecule has 0 radical (unpaired) electrons. The molecular formula is C43H46FN11O6. The van der Waals surface area contributed by atoms with Crippen LogP contribution in [-0.4, -0.2) is 117 Å². The first kappa shape index (κ1) is 39.8. The summed E-state index contributed by atoms with van der Waals surface area (Å²) < 4.78 is 27.6. The van der Waals surface area contributed by atoms with Crippen LogP contribution in [0.2, 0.25) is 0 Å². The van der Waals surface area contributed by atoms with Gasteiger partial charge in [0.05, 0.1) is 36.3 Å². The van der Waals surface area contributed by atoms with Gasteiger partial charge in [0, 0.05) is 57.8 Å². The van der Waals surface area contributed by atoms with E-state index in [4.69, 9.17) is 20.3 Å². The third kappa shape index (κ3) is 8.14. The summed E-state index contributed by atoms with van der Waals surface area (Å²) in [5.41, 5.74) is 9.62. The van der Waals surface area contributed by atoms with Crippen molar-refractivity contribution in [3.05, 3.63) is 78.6 Å². The number of benzene rings is 2. The summed E-state index contributed by atoms with van der Waals surface area (Å²) in [6.45, 7) is 4.92. The lowest BCUT2D eigenvalue weighted by molar-refractivity contribution is -0.141. The van der Waals surface area contributed by atoms with E-state index in [9.17, 15) is 23.6 Å². The molecule has 0 bridgehead atoms. The molecule has 0 spiro atoms. The van der Waals surface area contributed by atoms with E-state index >= 15 is 0 Å². The Hall–Kier alpha value is -6.69. The van der Waals surface area contributed by atoms with E-state index in [1.165, 1.54) is 19.5 Å². The highest BCUT2D eigenvalue weighted by Crippen LogP contribution is 2.40. The van der Waals surface area contributed by atoms with Gasteiger partial charge in [-0.2, -0.15) is 9.49 Å². The Balaban J connectivity index is 0.753. The number of imide groups is 1. The molecule has 3 saturated heterocycles. The number of rotatable bonds is 11. The molecule has 5 aromatic rings. The van der Waals surface area contributed by atoms with Crippen LogP contribution in [0.4, 0.5) is 15.9 Å². The van der Waals surface area contributed by atoms with E-state index in [-0.39, 0.29) is 53.8 Å². The Morgan fingerprint density at radius 2 is 1.74 bits per heavy atom. The number of nitrogen functional groups attached to an aromatic ring is 1. The van der Waals surface area contributed by atoms with Gasteiger partial charge < -0.3 is 35.2 Å². The number of carbonyl (C=O) groups excluding carboxylic acids is 4. The number of hydrogen-bond donors (Lipinski definition) is 3.